The minimum atomic E-state index is -0.0806. The lowest BCUT2D eigenvalue weighted by Gasteiger charge is -2.28. The predicted molar refractivity (Wildman–Crippen MR) is 67.9 cm³/mol. The summed E-state index contributed by atoms with van der Waals surface area (Å²) in [5, 5.41) is 3.12. The van der Waals surface area contributed by atoms with E-state index in [9.17, 15) is 9.59 Å². The van der Waals surface area contributed by atoms with Gasteiger partial charge >= 0.3 is 5.97 Å². The van der Waals surface area contributed by atoms with Crippen molar-refractivity contribution in [2.24, 2.45) is 11.8 Å². The summed E-state index contributed by atoms with van der Waals surface area (Å²) >= 11 is 0. The molecule has 0 radical (unpaired) electrons. The van der Waals surface area contributed by atoms with Gasteiger partial charge in [-0.2, -0.15) is 0 Å². The summed E-state index contributed by atoms with van der Waals surface area (Å²) in [7, 11) is 0. The summed E-state index contributed by atoms with van der Waals surface area (Å²) in [6.07, 6.45) is 6.71. The number of esters is 1. The van der Waals surface area contributed by atoms with Gasteiger partial charge in [0.15, 0.2) is 0 Å². The molecule has 0 aromatic carbocycles. The molecule has 0 saturated heterocycles. The highest BCUT2D eigenvalue weighted by Crippen LogP contribution is 2.31. The fourth-order valence-electron chi connectivity index (χ4n) is 2.63. The van der Waals surface area contributed by atoms with Crippen molar-refractivity contribution in [3.8, 4) is 0 Å². The second-order valence-corrected chi connectivity index (χ2v) is 5.51. The summed E-state index contributed by atoms with van der Waals surface area (Å²) in [5.74, 6) is 0.896. The van der Waals surface area contributed by atoms with Crippen molar-refractivity contribution >= 4 is 11.9 Å². The van der Waals surface area contributed by atoms with Gasteiger partial charge in [-0.25, -0.2) is 0 Å². The number of carbonyl (C=O) groups is 2. The molecule has 2 saturated carbocycles. The zero-order chi connectivity index (χ0) is 13.0. The topological polar surface area (TPSA) is 55.4 Å². The molecule has 0 atom stereocenters. The molecule has 2 rings (SSSR count). The van der Waals surface area contributed by atoms with Crippen molar-refractivity contribution in [2.75, 3.05) is 6.61 Å². The second-order valence-electron chi connectivity index (χ2n) is 5.51. The molecule has 102 valence electrons. The van der Waals surface area contributed by atoms with Crippen molar-refractivity contribution in [3.05, 3.63) is 0 Å². The molecule has 0 bridgehead atoms. The van der Waals surface area contributed by atoms with Crippen LogP contribution < -0.4 is 5.32 Å². The Labute approximate surface area is 108 Å². The third kappa shape index (κ3) is 4.00. The molecule has 18 heavy (non-hydrogen) atoms. The number of hydrogen-bond acceptors (Lipinski definition) is 3. The van der Waals surface area contributed by atoms with E-state index in [2.05, 4.69) is 5.32 Å². The minimum Gasteiger partial charge on any atom is -0.466 e. The van der Waals surface area contributed by atoms with Crippen LogP contribution >= 0.6 is 0 Å². The smallest absolute Gasteiger partial charge is 0.306 e. The van der Waals surface area contributed by atoms with Crippen LogP contribution in [0.5, 0.6) is 0 Å². The molecule has 1 N–H and O–H groups in total. The first-order valence-corrected chi connectivity index (χ1v) is 7.15. The van der Waals surface area contributed by atoms with Crippen LogP contribution in [-0.4, -0.2) is 24.5 Å². The van der Waals surface area contributed by atoms with E-state index in [0.717, 1.165) is 38.5 Å². The van der Waals surface area contributed by atoms with E-state index in [1.54, 1.807) is 0 Å². The van der Waals surface area contributed by atoms with Gasteiger partial charge in [0, 0.05) is 18.4 Å². The van der Waals surface area contributed by atoms with Crippen LogP contribution in [0, 0.1) is 11.8 Å². The highest BCUT2D eigenvalue weighted by Gasteiger charge is 2.32. The Kier molecular flexibility index (Phi) is 4.61. The van der Waals surface area contributed by atoms with Crippen LogP contribution in [0.25, 0.3) is 0 Å². The largest absolute Gasteiger partial charge is 0.466 e. The fraction of sp³-hybridized carbons (Fsp3) is 0.857. The van der Waals surface area contributed by atoms with Gasteiger partial charge in [0.2, 0.25) is 5.91 Å². The van der Waals surface area contributed by atoms with E-state index < -0.39 is 0 Å². The van der Waals surface area contributed by atoms with Gasteiger partial charge in [-0.1, -0.05) is 0 Å². The van der Waals surface area contributed by atoms with Crippen molar-refractivity contribution in [3.63, 3.8) is 0 Å². The Balaban J connectivity index is 1.64. The minimum absolute atomic E-state index is 0.0806. The Bertz CT molecular complexity index is 304. The molecular weight excluding hydrogens is 230 g/mol. The van der Waals surface area contributed by atoms with E-state index in [1.807, 2.05) is 6.92 Å². The standard InChI is InChI=1S/C14H23NO3/c1-2-18-13(16)9-10-3-7-12(8-4-10)15-14(17)11-5-6-11/h10-12H,2-9H2,1H3,(H,15,17). The SMILES string of the molecule is CCOC(=O)CC1CCC(NC(=O)C2CC2)CC1. The average Bonchev–Trinajstić information content (AvgIpc) is 3.16. The highest BCUT2D eigenvalue weighted by molar-refractivity contribution is 5.81. The van der Waals surface area contributed by atoms with Crippen LogP contribution in [-0.2, 0) is 14.3 Å². The molecule has 0 aromatic rings. The van der Waals surface area contributed by atoms with Crippen LogP contribution in [0.2, 0.25) is 0 Å². The first-order chi connectivity index (χ1) is 8.69. The van der Waals surface area contributed by atoms with E-state index in [1.165, 1.54) is 0 Å². The van der Waals surface area contributed by atoms with Crippen LogP contribution in [0.1, 0.15) is 51.9 Å². The Hall–Kier alpha value is -1.06. The maximum Gasteiger partial charge on any atom is 0.306 e. The normalized spacial score (nSPS) is 27.6. The predicted octanol–water partition coefficient (Wildman–Crippen LogP) is 2.02. The van der Waals surface area contributed by atoms with Crippen LogP contribution in [0.3, 0.4) is 0 Å². The summed E-state index contributed by atoms with van der Waals surface area (Å²) in [4.78, 5) is 23.0. The van der Waals surface area contributed by atoms with E-state index in [0.29, 0.717) is 30.9 Å². The molecule has 1 amide bonds. The molecule has 0 aromatic heterocycles. The Morgan fingerprint density at radius 3 is 2.33 bits per heavy atom. The molecule has 4 heteroatoms. The summed E-state index contributed by atoms with van der Waals surface area (Å²) < 4.78 is 4.97. The summed E-state index contributed by atoms with van der Waals surface area (Å²) in [6.45, 7) is 2.30. The number of carbonyl (C=O) groups excluding carboxylic acids is 2. The summed E-state index contributed by atoms with van der Waals surface area (Å²) in [6, 6.07) is 0.330. The van der Waals surface area contributed by atoms with E-state index in [4.69, 9.17) is 4.74 Å². The number of ether oxygens (including phenoxy) is 1. The number of amides is 1. The highest BCUT2D eigenvalue weighted by atomic mass is 16.5. The van der Waals surface area contributed by atoms with Gasteiger partial charge < -0.3 is 10.1 Å². The van der Waals surface area contributed by atoms with Crippen molar-refractivity contribution in [1.82, 2.24) is 5.32 Å². The molecular formula is C14H23NO3. The molecule has 4 nitrogen and oxygen atoms in total. The summed E-state index contributed by atoms with van der Waals surface area (Å²) in [5.41, 5.74) is 0. The quantitative estimate of drug-likeness (QED) is 0.763. The first kappa shape index (κ1) is 13.4. The van der Waals surface area contributed by atoms with Crippen molar-refractivity contribution in [2.45, 2.75) is 57.9 Å². The molecule has 2 aliphatic rings. The molecule has 0 unspecified atom stereocenters. The number of nitrogens with one attached hydrogen (secondary N) is 1. The molecule has 2 aliphatic carbocycles. The lowest BCUT2D eigenvalue weighted by atomic mass is 9.84. The molecule has 0 heterocycles. The van der Waals surface area contributed by atoms with Crippen molar-refractivity contribution < 1.29 is 14.3 Å². The third-order valence-corrected chi connectivity index (χ3v) is 3.90. The van der Waals surface area contributed by atoms with Gasteiger partial charge in [-0.05, 0) is 51.4 Å². The molecule has 0 spiro atoms. The Morgan fingerprint density at radius 1 is 1.11 bits per heavy atom. The van der Waals surface area contributed by atoms with E-state index >= 15 is 0 Å². The number of hydrogen-bond donors (Lipinski definition) is 1. The molecule has 0 aliphatic heterocycles. The van der Waals surface area contributed by atoms with Crippen LogP contribution in [0.15, 0.2) is 0 Å². The lowest BCUT2D eigenvalue weighted by Crippen LogP contribution is -2.38. The van der Waals surface area contributed by atoms with Gasteiger partial charge in [0.1, 0.15) is 0 Å². The van der Waals surface area contributed by atoms with Crippen LogP contribution in [0.4, 0.5) is 0 Å². The Morgan fingerprint density at radius 2 is 1.78 bits per heavy atom. The zero-order valence-corrected chi connectivity index (χ0v) is 11.1. The average molecular weight is 253 g/mol. The maximum atomic E-state index is 11.6. The van der Waals surface area contributed by atoms with Gasteiger partial charge in [-0.15, -0.1) is 0 Å². The van der Waals surface area contributed by atoms with Gasteiger partial charge in [0.05, 0.1) is 6.61 Å². The van der Waals surface area contributed by atoms with E-state index in [-0.39, 0.29) is 11.9 Å². The second kappa shape index (κ2) is 6.21. The molecule has 2 fully saturated rings. The monoisotopic (exact) mass is 253 g/mol. The fourth-order valence-corrected chi connectivity index (χ4v) is 2.63. The third-order valence-electron chi connectivity index (χ3n) is 3.90. The maximum absolute atomic E-state index is 11.6. The van der Waals surface area contributed by atoms with Crippen molar-refractivity contribution in [1.29, 1.82) is 0 Å². The number of rotatable bonds is 5. The lowest BCUT2D eigenvalue weighted by molar-refractivity contribution is -0.144. The first-order valence-electron chi connectivity index (χ1n) is 7.15. The zero-order valence-electron chi connectivity index (χ0n) is 11.1. The van der Waals surface area contributed by atoms with Gasteiger partial charge in [0.25, 0.3) is 0 Å². The van der Waals surface area contributed by atoms with Gasteiger partial charge in [-0.3, -0.25) is 9.59 Å².